The number of allylic oxidation sites excluding steroid dienone is 1. The second-order valence-electron chi connectivity index (χ2n) is 7.29. The summed E-state index contributed by atoms with van der Waals surface area (Å²) < 4.78 is 10.9. The molecule has 4 rings (SSSR count). The first kappa shape index (κ1) is 18.7. The van der Waals surface area contributed by atoms with Crippen LogP contribution < -0.4 is 14.4 Å². The molecule has 2 aliphatic rings. The molecule has 0 radical (unpaired) electrons. The van der Waals surface area contributed by atoms with Gasteiger partial charge < -0.3 is 19.5 Å². The van der Waals surface area contributed by atoms with Gasteiger partial charge in [0.1, 0.15) is 17.3 Å². The van der Waals surface area contributed by atoms with Gasteiger partial charge >= 0.3 is 0 Å². The molecule has 1 saturated heterocycles. The summed E-state index contributed by atoms with van der Waals surface area (Å²) in [6, 6.07) is 15.6. The van der Waals surface area contributed by atoms with Crippen LogP contribution >= 0.6 is 0 Å². The summed E-state index contributed by atoms with van der Waals surface area (Å²) in [5.74, 6) is 2.68. The number of nitrogens with zero attached hydrogens (tertiary/aromatic N) is 2. The molecule has 1 fully saturated rings. The predicted molar refractivity (Wildman–Crippen MR) is 110 cm³/mol. The van der Waals surface area contributed by atoms with Crippen molar-refractivity contribution in [1.29, 1.82) is 0 Å². The Kier molecular flexibility index (Phi) is 4.94. The summed E-state index contributed by atoms with van der Waals surface area (Å²) in [7, 11) is 1.66. The molecule has 28 heavy (non-hydrogen) atoms. The Balaban J connectivity index is 1.81. The van der Waals surface area contributed by atoms with Crippen LogP contribution in [0.5, 0.6) is 11.5 Å². The zero-order chi connectivity index (χ0) is 19.7. The van der Waals surface area contributed by atoms with Crippen LogP contribution in [0.15, 0.2) is 60.4 Å². The predicted octanol–water partition coefficient (Wildman–Crippen LogP) is 4.08. The van der Waals surface area contributed by atoms with Gasteiger partial charge in [-0.3, -0.25) is 4.90 Å². The Morgan fingerprint density at radius 3 is 2.39 bits per heavy atom. The van der Waals surface area contributed by atoms with Crippen LogP contribution in [0, 0.1) is 0 Å². The lowest BCUT2D eigenvalue weighted by Crippen LogP contribution is -2.47. The number of methoxy groups -OCH3 is 1. The van der Waals surface area contributed by atoms with Gasteiger partial charge in [0.05, 0.1) is 19.8 Å². The zero-order valence-corrected chi connectivity index (χ0v) is 16.8. The van der Waals surface area contributed by atoms with Gasteiger partial charge in [-0.05, 0) is 69.2 Å². The molecule has 2 heterocycles. The topological polar surface area (TPSA) is 45.2 Å². The fourth-order valence-electron chi connectivity index (χ4n) is 4.31. The van der Waals surface area contributed by atoms with E-state index in [1.165, 1.54) is 0 Å². The molecule has 2 atom stereocenters. The Morgan fingerprint density at radius 1 is 1.07 bits per heavy atom. The molecule has 0 bridgehead atoms. The minimum atomic E-state index is -1.17. The van der Waals surface area contributed by atoms with E-state index in [0.717, 1.165) is 48.0 Å². The van der Waals surface area contributed by atoms with E-state index in [-0.39, 0.29) is 6.04 Å². The minimum absolute atomic E-state index is 0.0842. The molecule has 0 amide bonds. The fourth-order valence-corrected chi connectivity index (χ4v) is 4.31. The van der Waals surface area contributed by atoms with Crippen molar-refractivity contribution in [2.75, 3.05) is 25.2 Å². The first-order valence-electron chi connectivity index (χ1n) is 9.96. The standard InChI is InChI=1S/C23H28N2O3/c1-4-28-21-12-8-18(9-13-21)23(26)17(2)24-16-6-5-7-22(24)25(23)19-10-14-20(27-3)15-11-19/h7-15,17,26H,4-6,16H2,1-3H3/t17-,23-/m1/s1. The third kappa shape index (κ3) is 2.90. The van der Waals surface area contributed by atoms with E-state index in [1.54, 1.807) is 7.11 Å². The van der Waals surface area contributed by atoms with E-state index in [4.69, 9.17) is 9.47 Å². The molecule has 1 N–H and O–H groups in total. The molecule has 5 heteroatoms. The Hall–Kier alpha value is -2.66. The molecule has 0 spiro atoms. The van der Waals surface area contributed by atoms with Gasteiger partial charge in [0.2, 0.25) is 0 Å². The SMILES string of the molecule is CCOc1ccc([C@]2(O)[C@@H](C)N3CCCC=C3N2c2ccc(OC)cc2)cc1. The van der Waals surface area contributed by atoms with Crippen molar-refractivity contribution in [2.45, 2.75) is 38.5 Å². The Bertz CT molecular complexity index is 847. The number of hydrogen-bond acceptors (Lipinski definition) is 5. The number of anilines is 1. The zero-order valence-electron chi connectivity index (χ0n) is 16.8. The smallest absolute Gasteiger partial charge is 0.190 e. The third-order valence-electron chi connectivity index (χ3n) is 5.77. The largest absolute Gasteiger partial charge is 0.497 e. The summed E-state index contributed by atoms with van der Waals surface area (Å²) in [5.41, 5.74) is 0.629. The van der Waals surface area contributed by atoms with Crippen molar-refractivity contribution in [3.05, 3.63) is 66.0 Å². The summed E-state index contributed by atoms with van der Waals surface area (Å²) in [4.78, 5) is 4.37. The molecule has 0 saturated carbocycles. The van der Waals surface area contributed by atoms with Crippen LogP contribution in [-0.2, 0) is 5.72 Å². The van der Waals surface area contributed by atoms with Crippen LogP contribution in [0.4, 0.5) is 5.69 Å². The number of fused-ring (bicyclic) bond motifs is 1. The van der Waals surface area contributed by atoms with Crippen molar-refractivity contribution < 1.29 is 14.6 Å². The summed E-state index contributed by atoms with van der Waals surface area (Å²) in [5, 5.41) is 12.1. The quantitative estimate of drug-likeness (QED) is 0.847. The van der Waals surface area contributed by atoms with Crippen LogP contribution in [0.25, 0.3) is 0 Å². The summed E-state index contributed by atoms with van der Waals surface area (Å²) >= 11 is 0. The highest BCUT2D eigenvalue weighted by Crippen LogP contribution is 2.48. The van der Waals surface area contributed by atoms with E-state index in [9.17, 15) is 5.11 Å². The van der Waals surface area contributed by atoms with Crippen LogP contribution in [-0.4, -0.2) is 36.3 Å². The maximum atomic E-state index is 12.1. The van der Waals surface area contributed by atoms with E-state index >= 15 is 0 Å². The van der Waals surface area contributed by atoms with E-state index in [2.05, 4.69) is 22.8 Å². The van der Waals surface area contributed by atoms with Crippen molar-refractivity contribution in [1.82, 2.24) is 4.90 Å². The summed E-state index contributed by atoms with van der Waals surface area (Å²) in [6.45, 7) is 5.63. The molecule has 0 aliphatic carbocycles. The highest BCUT2D eigenvalue weighted by Gasteiger charge is 2.54. The first-order chi connectivity index (χ1) is 13.6. The molecule has 2 aromatic carbocycles. The van der Waals surface area contributed by atoms with Gasteiger partial charge in [-0.25, -0.2) is 0 Å². The lowest BCUT2D eigenvalue weighted by Gasteiger charge is -2.37. The average Bonchev–Trinajstić information content (AvgIpc) is 2.97. The minimum Gasteiger partial charge on any atom is -0.497 e. The number of rotatable bonds is 5. The molecular formula is C23H28N2O3. The molecule has 5 nitrogen and oxygen atoms in total. The van der Waals surface area contributed by atoms with Crippen molar-refractivity contribution >= 4 is 5.69 Å². The second-order valence-corrected chi connectivity index (χ2v) is 7.29. The van der Waals surface area contributed by atoms with Crippen molar-refractivity contribution in [2.24, 2.45) is 0 Å². The van der Waals surface area contributed by atoms with Crippen molar-refractivity contribution in [3.8, 4) is 11.5 Å². The molecule has 2 aromatic rings. The fraction of sp³-hybridized carbons (Fsp3) is 0.391. The maximum absolute atomic E-state index is 12.1. The van der Waals surface area contributed by atoms with E-state index in [1.807, 2.05) is 55.5 Å². The van der Waals surface area contributed by atoms with E-state index in [0.29, 0.717) is 6.61 Å². The highest BCUT2D eigenvalue weighted by molar-refractivity contribution is 5.60. The van der Waals surface area contributed by atoms with Gasteiger partial charge in [-0.2, -0.15) is 0 Å². The number of aliphatic hydroxyl groups is 1. The Labute approximate surface area is 166 Å². The van der Waals surface area contributed by atoms with Gasteiger partial charge in [-0.15, -0.1) is 0 Å². The first-order valence-corrected chi connectivity index (χ1v) is 9.96. The molecular weight excluding hydrogens is 352 g/mol. The number of ether oxygens (including phenoxy) is 2. The van der Waals surface area contributed by atoms with Crippen LogP contribution in [0.1, 0.15) is 32.3 Å². The number of hydrogen-bond donors (Lipinski definition) is 1. The van der Waals surface area contributed by atoms with Crippen LogP contribution in [0.3, 0.4) is 0 Å². The monoisotopic (exact) mass is 380 g/mol. The lowest BCUT2D eigenvalue weighted by molar-refractivity contribution is 0.00780. The molecule has 0 aromatic heterocycles. The maximum Gasteiger partial charge on any atom is 0.190 e. The third-order valence-corrected chi connectivity index (χ3v) is 5.77. The van der Waals surface area contributed by atoms with Gasteiger partial charge in [0.15, 0.2) is 5.72 Å². The van der Waals surface area contributed by atoms with Crippen molar-refractivity contribution in [3.63, 3.8) is 0 Å². The van der Waals surface area contributed by atoms with Gasteiger partial charge in [-0.1, -0.05) is 12.1 Å². The van der Waals surface area contributed by atoms with Crippen LogP contribution in [0.2, 0.25) is 0 Å². The van der Waals surface area contributed by atoms with E-state index < -0.39 is 5.72 Å². The number of benzene rings is 2. The second kappa shape index (κ2) is 7.40. The Morgan fingerprint density at radius 2 is 1.75 bits per heavy atom. The summed E-state index contributed by atoms with van der Waals surface area (Å²) in [6.07, 6.45) is 4.35. The molecule has 0 unspecified atom stereocenters. The molecule has 2 aliphatic heterocycles. The molecule has 148 valence electrons. The van der Waals surface area contributed by atoms with Gasteiger partial charge in [0.25, 0.3) is 0 Å². The average molecular weight is 380 g/mol. The lowest BCUT2D eigenvalue weighted by atomic mass is 9.94. The normalized spacial score (nSPS) is 24.0. The van der Waals surface area contributed by atoms with Gasteiger partial charge in [0, 0.05) is 17.8 Å². The highest BCUT2D eigenvalue weighted by atomic mass is 16.5.